The van der Waals surface area contributed by atoms with E-state index in [4.69, 9.17) is 4.18 Å². The molecule has 2 aromatic heterocycles. The van der Waals surface area contributed by atoms with Crippen molar-refractivity contribution in [3.63, 3.8) is 0 Å². The Morgan fingerprint density at radius 1 is 1.20 bits per heavy atom. The van der Waals surface area contributed by atoms with Gasteiger partial charge in [0.15, 0.2) is 0 Å². The minimum Gasteiger partial charge on any atom is -0.361 e. The zero-order valence-electron chi connectivity index (χ0n) is 12.6. The van der Waals surface area contributed by atoms with Crippen LogP contribution < -0.4 is 4.18 Å². The molecule has 2 rings (SSSR count). The Balaban J connectivity index is 0.000000276. The molecule has 0 N–H and O–H groups in total. The van der Waals surface area contributed by atoms with Gasteiger partial charge in [-0.15, -0.1) is 0 Å². The summed E-state index contributed by atoms with van der Waals surface area (Å²) in [6.07, 6.45) is 3.14. The van der Waals surface area contributed by atoms with Crippen molar-refractivity contribution in [2.24, 2.45) is 14.1 Å². The van der Waals surface area contributed by atoms with E-state index in [0.717, 1.165) is 16.8 Å². The van der Waals surface area contributed by atoms with Crippen LogP contribution in [0.5, 0.6) is 5.88 Å². The van der Waals surface area contributed by atoms with Crippen LogP contribution in [-0.4, -0.2) is 30.7 Å². The van der Waals surface area contributed by atoms with E-state index in [2.05, 4.69) is 14.3 Å². The average molecular weight is 300 g/mol. The van der Waals surface area contributed by atoms with E-state index in [-0.39, 0.29) is 0 Å². The molecule has 2 heterocycles. The van der Waals surface area contributed by atoms with Gasteiger partial charge in [0, 0.05) is 25.4 Å². The first-order valence-corrected chi connectivity index (χ1v) is 6.94. The lowest BCUT2D eigenvalue weighted by Gasteiger charge is -2.05. The molecule has 0 amide bonds. The van der Waals surface area contributed by atoms with Crippen LogP contribution in [0.15, 0.2) is 12.7 Å². The molecule has 112 valence electrons. The molecule has 0 aromatic carbocycles. The maximum absolute atomic E-state index is 11.1. The lowest BCUT2D eigenvalue weighted by Crippen LogP contribution is -2.06. The summed E-state index contributed by atoms with van der Waals surface area (Å²) in [5.74, 6) is 0.597. The van der Waals surface area contributed by atoms with E-state index in [1.54, 1.807) is 11.0 Å². The van der Waals surface area contributed by atoms with Crippen molar-refractivity contribution < 1.29 is 12.6 Å². The van der Waals surface area contributed by atoms with E-state index < -0.39 is 11.4 Å². The van der Waals surface area contributed by atoms with E-state index >= 15 is 0 Å². The van der Waals surface area contributed by atoms with Gasteiger partial charge in [-0.25, -0.2) is 4.98 Å². The molecule has 1 unspecified atom stereocenters. The van der Waals surface area contributed by atoms with Crippen molar-refractivity contribution in [1.82, 2.24) is 19.3 Å². The lowest BCUT2D eigenvalue weighted by atomic mass is 10.2. The second-order valence-corrected chi connectivity index (χ2v) is 5.13. The summed E-state index contributed by atoms with van der Waals surface area (Å²) in [6.45, 7) is 5.93. The first-order chi connectivity index (χ1) is 9.38. The average Bonchev–Trinajstić information content (AvgIpc) is 2.98. The van der Waals surface area contributed by atoms with Crippen LogP contribution >= 0.6 is 0 Å². The number of aromatic nitrogens is 4. The second-order valence-electron chi connectivity index (χ2n) is 4.22. The first kappa shape index (κ1) is 16.4. The molecule has 0 spiro atoms. The fourth-order valence-electron chi connectivity index (χ4n) is 1.57. The van der Waals surface area contributed by atoms with E-state index in [0.29, 0.717) is 5.88 Å². The Bertz CT molecular complexity index is 553. The summed E-state index contributed by atoms with van der Waals surface area (Å²) in [5.41, 5.74) is 3.25. The van der Waals surface area contributed by atoms with Crippen LogP contribution in [0.25, 0.3) is 0 Å². The van der Waals surface area contributed by atoms with Gasteiger partial charge in [-0.05, 0) is 26.3 Å². The monoisotopic (exact) mass is 300 g/mol. The zero-order chi connectivity index (χ0) is 15.3. The van der Waals surface area contributed by atoms with Crippen LogP contribution in [-0.2, 0) is 29.6 Å². The molecule has 0 aliphatic rings. The number of hydrogen-bond donors (Lipinski definition) is 0. The molecular formula is C12H20N4O3S. The molecule has 0 radical (unpaired) electrons. The molecule has 2 aromatic rings. The maximum atomic E-state index is 11.1. The Morgan fingerprint density at radius 2 is 1.85 bits per heavy atom. The van der Waals surface area contributed by atoms with Gasteiger partial charge in [-0.3, -0.25) is 8.86 Å². The van der Waals surface area contributed by atoms with Crippen molar-refractivity contribution in [2.45, 2.75) is 20.8 Å². The maximum Gasteiger partial charge on any atom is 0.361 e. The minimum atomic E-state index is -1.71. The first-order valence-electron chi connectivity index (χ1n) is 5.94. The quantitative estimate of drug-likeness (QED) is 0.856. The van der Waals surface area contributed by atoms with Crippen LogP contribution in [0.4, 0.5) is 0 Å². The molecule has 0 aliphatic heterocycles. The summed E-state index contributed by atoms with van der Waals surface area (Å²) >= 11 is -1.71. The Hall–Kier alpha value is -1.67. The fourth-order valence-corrected chi connectivity index (χ4v) is 2.01. The molecule has 0 fully saturated rings. The standard InChI is InChI=1S/C9H15NO3S.C3H5N3/c1-6-7(2)9(10(4)8(6)3)13-14(11)12-5;1-6-3-4-2-5-6/h1-5H3;2-3H,1H3. The third kappa shape index (κ3) is 3.91. The third-order valence-corrected chi connectivity index (χ3v) is 3.62. The Labute approximate surface area is 121 Å². The summed E-state index contributed by atoms with van der Waals surface area (Å²) in [7, 11) is 5.04. The largest absolute Gasteiger partial charge is 0.361 e. The van der Waals surface area contributed by atoms with E-state index in [1.807, 2.05) is 39.4 Å². The Kier molecular flexibility index (Phi) is 5.90. The molecule has 20 heavy (non-hydrogen) atoms. The van der Waals surface area contributed by atoms with Crippen molar-refractivity contribution in [2.75, 3.05) is 7.11 Å². The topological polar surface area (TPSA) is 71.2 Å². The summed E-state index contributed by atoms with van der Waals surface area (Å²) in [4.78, 5) is 3.67. The predicted octanol–water partition coefficient (Wildman–Crippen LogP) is 1.37. The highest BCUT2D eigenvalue weighted by Gasteiger charge is 2.15. The van der Waals surface area contributed by atoms with Gasteiger partial charge in [0.05, 0.1) is 7.11 Å². The van der Waals surface area contributed by atoms with Crippen LogP contribution in [0.2, 0.25) is 0 Å². The van der Waals surface area contributed by atoms with Gasteiger partial charge in [-0.1, -0.05) is 0 Å². The molecule has 7 nitrogen and oxygen atoms in total. The van der Waals surface area contributed by atoms with E-state index in [1.165, 1.54) is 13.4 Å². The predicted molar refractivity (Wildman–Crippen MR) is 76.4 cm³/mol. The summed E-state index contributed by atoms with van der Waals surface area (Å²) in [6, 6.07) is 0. The van der Waals surface area contributed by atoms with Crippen molar-refractivity contribution in [1.29, 1.82) is 0 Å². The number of nitrogens with zero attached hydrogens (tertiary/aromatic N) is 4. The molecular weight excluding hydrogens is 280 g/mol. The lowest BCUT2D eigenvalue weighted by molar-refractivity contribution is 0.373. The molecule has 1 atom stereocenters. The van der Waals surface area contributed by atoms with Crippen LogP contribution in [0.1, 0.15) is 16.8 Å². The van der Waals surface area contributed by atoms with Gasteiger partial charge >= 0.3 is 11.4 Å². The molecule has 8 heteroatoms. The SMILES string of the molecule is COS(=O)Oc1c(C)c(C)c(C)n1C.Cn1cncn1. The highest BCUT2D eigenvalue weighted by molar-refractivity contribution is 7.75. The Morgan fingerprint density at radius 3 is 2.15 bits per heavy atom. The van der Waals surface area contributed by atoms with Crippen LogP contribution in [0.3, 0.4) is 0 Å². The van der Waals surface area contributed by atoms with Gasteiger partial charge in [0.25, 0.3) is 0 Å². The number of rotatable bonds is 3. The van der Waals surface area contributed by atoms with Gasteiger partial charge < -0.3 is 8.75 Å². The van der Waals surface area contributed by atoms with E-state index in [9.17, 15) is 4.21 Å². The van der Waals surface area contributed by atoms with Crippen LogP contribution in [0, 0.1) is 20.8 Å². The van der Waals surface area contributed by atoms with Gasteiger partial charge in [-0.2, -0.15) is 9.31 Å². The highest BCUT2D eigenvalue weighted by Crippen LogP contribution is 2.27. The molecule has 0 aliphatic carbocycles. The smallest absolute Gasteiger partial charge is 0.361 e. The van der Waals surface area contributed by atoms with Crippen molar-refractivity contribution >= 4 is 11.4 Å². The minimum absolute atomic E-state index is 0.597. The molecule has 0 saturated heterocycles. The van der Waals surface area contributed by atoms with Gasteiger partial charge in [0.1, 0.15) is 12.7 Å². The van der Waals surface area contributed by atoms with Gasteiger partial charge in [0.2, 0.25) is 5.88 Å². The fraction of sp³-hybridized carbons (Fsp3) is 0.500. The second kappa shape index (κ2) is 7.20. The molecule has 0 saturated carbocycles. The molecule has 0 bridgehead atoms. The highest BCUT2D eigenvalue weighted by atomic mass is 32.2. The number of aryl methyl sites for hydroxylation is 1. The summed E-state index contributed by atoms with van der Waals surface area (Å²) < 4.78 is 24.3. The normalized spacial score (nSPS) is 11.7. The third-order valence-electron chi connectivity index (χ3n) is 3.05. The zero-order valence-corrected chi connectivity index (χ0v) is 13.4. The van der Waals surface area contributed by atoms with Crippen molar-refractivity contribution in [3.8, 4) is 5.88 Å². The number of hydrogen-bond acceptors (Lipinski definition) is 5. The summed E-state index contributed by atoms with van der Waals surface area (Å²) in [5, 5.41) is 3.72. The van der Waals surface area contributed by atoms with Crippen molar-refractivity contribution in [3.05, 3.63) is 29.5 Å².